The van der Waals surface area contributed by atoms with Crippen LogP contribution in [0.2, 0.25) is 0 Å². The Labute approximate surface area is 164 Å². The normalized spacial score (nSPS) is 21.1. The maximum Gasteiger partial charge on any atom is 0.394 e. The van der Waals surface area contributed by atoms with E-state index in [2.05, 4.69) is 4.52 Å². The summed E-state index contributed by atoms with van der Waals surface area (Å²) in [4.78, 5) is 39.4. The molecule has 1 atom stereocenters. The first kappa shape index (κ1) is 18.9. The number of carbonyl (C=O) groups excluding carboxylic acids is 2. The van der Waals surface area contributed by atoms with E-state index in [-0.39, 0.29) is 11.6 Å². The van der Waals surface area contributed by atoms with Crippen molar-refractivity contribution in [3.8, 4) is 5.75 Å². The summed E-state index contributed by atoms with van der Waals surface area (Å²) in [6.07, 6.45) is 1.52. The number of benzene rings is 1. The van der Waals surface area contributed by atoms with Gasteiger partial charge in [0.2, 0.25) is 11.6 Å². The van der Waals surface area contributed by atoms with Gasteiger partial charge in [-0.05, 0) is 12.1 Å². The smallest absolute Gasteiger partial charge is 0.394 e. The van der Waals surface area contributed by atoms with Crippen molar-refractivity contribution in [3.63, 3.8) is 0 Å². The zero-order valence-electron chi connectivity index (χ0n) is 15.6. The molecule has 0 radical (unpaired) electrons. The van der Waals surface area contributed by atoms with Crippen LogP contribution in [0.1, 0.15) is 0 Å². The van der Waals surface area contributed by atoms with Crippen LogP contribution < -0.4 is 4.52 Å². The molecule has 0 aromatic heterocycles. The van der Waals surface area contributed by atoms with Gasteiger partial charge in [-0.25, -0.2) is 0 Å². The molecule has 4 aliphatic rings. The van der Waals surface area contributed by atoms with Gasteiger partial charge in [0.15, 0.2) is 0 Å². The SMILES string of the molecule is COP(O)Oc1ccccc1.O=C1C=C(N2CC2)C(=O)C(N2CC2)=C1N1CC1. The number of para-hydroxylation sites is 1. The first-order valence-corrected chi connectivity index (χ1v) is 10.3. The van der Waals surface area contributed by atoms with Crippen molar-refractivity contribution in [1.29, 1.82) is 0 Å². The van der Waals surface area contributed by atoms with Gasteiger partial charge in [-0.15, -0.1) is 0 Å². The third-order valence-corrected chi connectivity index (χ3v) is 5.25. The van der Waals surface area contributed by atoms with E-state index in [9.17, 15) is 9.59 Å². The van der Waals surface area contributed by atoms with E-state index in [0.29, 0.717) is 22.8 Å². The zero-order valence-corrected chi connectivity index (χ0v) is 16.5. The lowest BCUT2D eigenvalue weighted by atomic mass is 10.0. The Balaban J connectivity index is 0.000000153. The summed E-state index contributed by atoms with van der Waals surface area (Å²) in [5.41, 5.74) is 1.89. The molecule has 0 spiro atoms. The Morgan fingerprint density at radius 3 is 2.00 bits per heavy atom. The summed E-state index contributed by atoms with van der Waals surface area (Å²) in [5, 5.41) is 0. The lowest BCUT2D eigenvalue weighted by Gasteiger charge is -2.21. The molecule has 148 valence electrons. The average molecular weight is 403 g/mol. The summed E-state index contributed by atoms with van der Waals surface area (Å²) in [6.45, 7) is 5.41. The molecule has 1 aliphatic carbocycles. The highest BCUT2D eigenvalue weighted by molar-refractivity contribution is 7.41. The Hall–Kier alpha value is -2.41. The van der Waals surface area contributed by atoms with Crippen LogP contribution in [0.3, 0.4) is 0 Å². The van der Waals surface area contributed by atoms with Crippen LogP contribution in [0, 0.1) is 0 Å². The minimum Gasteiger partial charge on any atom is -0.427 e. The van der Waals surface area contributed by atoms with E-state index in [0.717, 1.165) is 39.3 Å². The molecule has 5 rings (SSSR count). The van der Waals surface area contributed by atoms with E-state index in [4.69, 9.17) is 9.42 Å². The van der Waals surface area contributed by atoms with Crippen molar-refractivity contribution in [2.75, 3.05) is 46.4 Å². The van der Waals surface area contributed by atoms with Crippen LogP contribution in [0.15, 0.2) is 53.5 Å². The Bertz CT molecular complexity index is 829. The Morgan fingerprint density at radius 1 is 0.893 bits per heavy atom. The quantitative estimate of drug-likeness (QED) is 0.430. The van der Waals surface area contributed by atoms with Crippen LogP contribution >= 0.6 is 8.60 Å². The van der Waals surface area contributed by atoms with Crippen LogP contribution in [0.4, 0.5) is 0 Å². The highest BCUT2D eigenvalue weighted by atomic mass is 31.2. The topological polar surface area (TPSA) is 81.9 Å². The van der Waals surface area contributed by atoms with Gasteiger partial charge in [-0.3, -0.25) is 9.59 Å². The Kier molecular flexibility index (Phi) is 5.35. The predicted octanol–water partition coefficient (Wildman–Crippen LogP) is 1.11. The fourth-order valence-electron chi connectivity index (χ4n) is 2.88. The Morgan fingerprint density at radius 2 is 1.46 bits per heavy atom. The van der Waals surface area contributed by atoms with E-state index >= 15 is 0 Å². The fraction of sp³-hybridized carbons (Fsp3) is 0.368. The van der Waals surface area contributed by atoms with Gasteiger partial charge in [0.05, 0.1) is 5.70 Å². The molecule has 1 N–H and O–H groups in total. The first-order valence-electron chi connectivity index (χ1n) is 9.14. The second-order valence-corrected chi connectivity index (χ2v) is 7.73. The van der Waals surface area contributed by atoms with E-state index in [1.54, 1.807) is 12.1 Å². The predicted molar refractivity (Wildman–Crippen MR) is 103 cm³/mol. The zero-order chi connectivity index (χ0) is 19.7. The molecule has 1 aromatic rings. The highest BCUT2D eigenvalue weighted by Gasteiger charge is 2.43. The summed E-state index contributed by atoms with van der Waals surface area (Å²) >= 11 is 0. The molecule has 3 saturated heterocycles. The molecule has 8 nitrogen and oxygen atoms in total. The van der Waals surface area contributed by atoms with E-state index in [1.165, 1.54) is 13.2 Å². The molecular weight excluding hydrogens is 381 g/mol. The number of carbonyl (C=O) groups is 2. The van der Waals surface area contributed by atoms with Crippen molar-refractivity contribution < 1.29 is 23.5 Å². The second kappa shape index (κ2) is 7.91. The number of rotatable bonds is 6. The van der Waals surface area contributed by atoms with Crippen molar-refractivity contribution in [2.45, 2.75) is 0 Å². The van der Waals surface area contributed by atoms with Gasteiger partial charge in [0, 0.05) is 52.5 Å². The van der Waals surface area contributed by atoms with Gasteiger partial charge < -0.3 is 28.6 Å². The maximum absolute atomic E-state index is 12.4. The number of ketones is 2. The second-order valence-electron chi connectivity index (χ2n) is 6.71. The third-order valence-electron chi connectivity index (χ3n) is 4.57. The lowest BCUT2D eigenvalue weighted by Crippen LogP contribution is -2.29. The number of allylic oxidation sites excluding steroid dienone is 1. The van der Waals surface area contributed by atoms with Crippen LogP contribution in [-0.4, -0.2) is 77.5 Å². The molecule has 1 unspecified atom stereocenters. The van der Waals surface area contributed by atoms with Gasteiger partial charge in [0.25, 0.3) is 0 Å². The molecule has 28 heavy (non-hydrogen) atoms. The number of hydrogen-bond acceptors (Lipinski definition) is 8. The maximum atomic E-state index is 12.4. The van der Waals surface area contributed by atoms with E-state index < -0.39 is 8.60 Å². The van der Waals surface area contributed by atoms with Crippen molar-refractivity contribution >= 4 is 20.2 Å². The van der Waals surface area contributed by atoms with Gasteiger partial charge in [-0.2, -0.15) is 0 Å². The fourth-order valence-corrected chi connectivity index (χ4v) is 3.26. The lowest BCUT2D eigenvalue weighted by molar-refractivity contribution is -0.117. The van der Waals surface area contributed by atoms with Crippen LogP contribution in [0.25, 0.3) is 0 Å². The van der Waals surface area contributed by atoms with Gasteiger partial charge in [0.1, 0.15) is 17.1 Å². The summed E-state index contributed by atoms with van der Waals surface area (Å²) in [7, 11) is -0.357. The largest absolute Gasteiger partial charge is 0.427 e. The van der Waals surface area contributed by atoms with Crippen molar-refractivity contribution in [1.82, 2.24) is 14.7 Å². The third kappa shape index (κ3) is 4.35. The summed E-state index contributed by atoms with van der Waals surface area (Å²) < 4.78 is 9.51. The van der Waals surface area contributed by atoms with Crippen molar-refractivity contribution in [3.05, 3.63) is 53.5 Å². The summed E-state index contributed by atoms with van der Waals surface area (Å²) in [5.74, 6) is 0.662. The first-order chi connectivity index (χ1) is 13.6. The summed E-state index contributed by atoms with van der Waals surface area (Å²) in [6, 6.07) is 9.04. The molecular formula is C19H22N3O5P. The molecule has 0 bridgehead atoms. The average Bonchev–Trinajstić information content (AvgIpc) is 3.56. The molecule has 0 amide bonds. The van der Waals surface area contributed by atoms with Crippen LogP contribution in [0.5, 0.6) is 5.75 Å². The minimum absolute atomic E-state index is 0.00546. The number of nitrogens with zero attached hydrogens (tertiary/aromatic N) is 3. The minimum atomic E-state index is -1.75. The molecule has 1 aromatic carbocycles. The molecule has 3 fully saturated rings. The molecule has 3 heterocycles. The standard InChI is InChI=1S/C12H13N3O2.C7H9O3P/c16-9-7-8(13-1-2-13)12(17)11(15-5-6-15)10(9)14-3-4-14;1-9-11(8)10-7-5-3-2-4-6-7/h7H,1-6H2;2-6,8H,1H3. The van der Waals surface area contributed by atoms with E-state index in [1.807, 2.05) is 32.9 Å². The highest BCUT2D eigenvalue weighted by Crippen LogP contribution is 2.34. The number of hydrogen-bond donors (Lipinski definition) is 1. The molecule has 3 aliphatic heterocycles. The van der Waals surface area contributed by atoms with Crippen LogP contribution in [-0.2, 0) is 14.1 Å². The van der Waals surface area contributed by atoms with Crippen molar-refractivity contribution in [2.24, 2.45) is 0 Å². The monoisotopic (exact) mass is 403 g/mol. The molecule has 0 saturated carbocycles. The number of Topliss-reactive ketones (excluding diaryl/α,β-unsaturated/α-hetero) is 1. The van der Waals surface area contributed by atoms with Gasteiger partial charge >= 0.3 is 8.60 Å². The molecule has 9 heteroatoms. The van der Waals surface area contributed by atoms with Gasteiger partial charge in [-0.1, -0.05) is 18.2 Å².